The zero-order chi connectivity index (χ0) is 13.3. The van der Waals surface area contributed by atoms with Gasteiger partial charge in [-0.05, 0) is 37.5 Å². The molecular formula is C13H19NO3S. The molecule has 2 rings (SSSR count). The van der Waals surface area contributed by atoms with Crippen molar-refractivity contribution in [2.24, 2.45) is 5.73 Å². The van der Waals surface area contributed by atoms with Crippen LogP contribution in [0.25, 0.3) is 0 Å². The van der Waals surface area contributed by atoms with Crippen LogP contribution in [0.5, 0.6) is 5.75 Å². The van der Waals surface area contributed by atoms with Gasteiger partial charge in [0.25, 0.3) is 0 Å². The molecule has 0 spiro atoms. The van der Waals surface area contributed by atoms with Gasteiger partial charge in [-0.1, -0.05) is 12.1 Å². The smallest absolute Gasteiger partial charge is 0.154 e. The van der Waals surface area contributed by atoms with Crippen LogP contribution in [0.2, 0.25) is 0 Å². The third-order valence-corrected chi connectivity index (χ3v) is 4.95. The predicted molar refractivity (Wildman–Crippen MR) is 71.5 cm³/mol. The molecule has 100 valence electrons. The number of ether oxygens (including phenoxy) is 1. The number of rotatable bonds is 3. The normalized spacial score (nSPS) is 23.8. The summed E-state index contributed by atoms with van der Waals surface area (Å²) in [5.74, 6) is 1.11. The Labute approximate surface area is 108 Å². The molecule has 0 bridgehead atoms. The summed E-state index contributed by atoms with van der Waals surface area (Å²) < 4.78 is 28.5. The fraction of sp³-hybridized carbons (Fsp3) is 0.538. The minimum absolute atomic E-state index is 0.00962. The second kappa shape index (κ2) is 4.90. The van der Waals surface area contributed by atoms with E-state index in [1.807, 2.05) is 32.0 Å². The molecule has 0 aromatic heterocycles. The third kappa shape index (κ3) is 3.03. The molecule has 1 aliphatic rings. The van der Waals surface area contributed by atoms with E-state index in [4.69, 9.17) is 10.5 Å². The van der Waals surface area contributed by atoms with E-state index >= 15 is 0 Å². The molecule has 1 fully saturated rings. The number of hydrogen-bond acceptors (Lipinski definition) is 4. The minimum Gasteiger partial charge on any atom is -0.489 e. The highest BCUT2D eigenvalue weighted by molar-refractivity contribution is 7.91. The zero-order valence-electron chi connectivity index (χ0n) is 10.7. The van der Waals surface area contributed by atoms with Crippen LogP contribution in [0.3, 0.4) is 0 Å². The number of nitrogens with two attached hydrogens (primary N) is 1. The minimum atomic E-state index is -2.90. The maximum absolute atomic E-state index is 11.4. The van der Waals surface area contributed by atoms with Crippen molar-refractivity contribution in [3.05, 3.63) is 29.3 Å². The van der Waals surface area contributed by atoms with Crippen LogP contribution in [0.15, 0.2) is 18.2 Å². The Bertz CT molecular complexity index is 537. The Hall–Kier alpha value is -1.07. The van der Waals surface area contributed by atoms with Gasteiger partial charge >= 0.3 is 0 Å². The number of aryl methyl sites for hydroxylation is 1. The van der Waals surface area contributed by atoms with Gasteiger partial charge in [0.2, 0.25) is 0 Å². The lowest BCUT2D eigenvalue weighted by Crippen LogP contribution is -2.18. The van der Waals surface area contributed by atoms with Crippen molar-refractivity contribution in [3.8, 4) is 5.75 Å². The summed E-state index contributed by atoms with van der Waals surface area (Å²) in [6.07, 6.45) is 0.367. The summed E-state index contributed by atoms with van der Waals surface area (Å²) in [4.78, 5) is 0. The molecule has 18 heavy (non-hydrogen) atoms. The van der Waals surface area contributed by atoms with E-state index in [0.717, 1.165) is 16.9 Å². The first kappa shape index (κ1) is 13.4. The Morgan fingerprint density at radius 1 is 1.44 bits per heavy atom. The highest BCUT2D eigenvalue weighted by Crippen LogP contribution is 2.25. The SMILES string of the molecule is Cc1cc([C@H](C)N)ccc1OC1CCS(=O)(=O)C1. The largest absolute Gasteiger partial charge is 0.489 e. The molecule has 2 N–H and O–H groups in total. The van der Waals surface area contributed by atoms with Crippen molar-refractivity contribution in [1.29, 1.82) is 0 Å². The van der Waals surface area contributed by atoms with Crippen molar-refractivity contribution >= 4 is 9.84 Å². The van der Waals surface area contributed by atoms with Crippen LogP contribution < -0.4 is 10.5 Å². The summed E-state index contributed by atoms with van der Waals surface area (Å²) >= 11 is 0. The van der Waals surface area contributed by atoms with Gasteiger partial charge in [-0.15, -0.1) is 0 Å². The second-order valence-electron chi connectivity index (χ2n) is 4.96. The van der Waals surface area contributed by atoms with Crippen molar-refractivity contribution in [1.82, 2.24) is 0 Å². The summed E-state index contributed by atoms with van der Waals surface area (Å²) in [5.41, 5.74) is 7.86. The molecule has 1 unspecified atom stereocenters. The molecule has 1 aliphatic heterocycles. The maximum Gasteiger partial charge on any atom is 0.154 e. The first-order chi connectivity index (χ1) is 8.37. The standard InChI is InChI=1S/C13H19NO3S/c1-9-7-11(10(2)14)3-4-13(9)17-12-5-6-18(15,16)8-12/h3-4,7,10,12H,5-6,8,14H2,1-2H3/t10-,12?/m0/s1. The van der Waals surface area contributed by atoms with Crippen LogP contribution >= 0.6 is 0 Å². The van der Waals surface area contributed by atoms with Crippen molar-refractivity contribution in [2.75, 3.05) is 11.5 Å². The van der Waals surface area contributed by atoms with Gasteiger partial charge < -0.3 is 10.5 Å². The van der Waals surface area contributed by atoms with E-state index in [-0.39, 0.29) is 23.7 Å². The molecule has 0 saturated carbocycles. The fourth-order valence-corrected chi connectivity index (χ4v) is 3.71. The van der Waals surface area contributed by atoms with E-state index in [0.29, 0.717) is 6.42 Å². The lowest BCUT2D eigenvalue weighted by Gasteiger charge is -2.16. The first-order valence-corrected chi connectivity index (χ1v) is 7.93. The molecular weight excluding hydrogens is 250 g/mol. The van der Waals surface area contributed by atoms with Crippen LogP contribution in [0, 0.1) is 6.92 Å². The molecule has 1 heterocycles. The predicted octanol–water partition coefficient (Wildman–Crippen LogP) is 1.58. The van der Waals surface area contributed by atoms with E-state index in [1.165, 1.54) is 0 Å². The Morgan fingerprint density at radius 3 is 2.67 bits per heavy atom. The van der Waals surface area contributed by atoms with Gasteiger partial charge in [0.1, 0.15) is 11.9 Å². The van der Waals surface area contributed by atoms with E-state index in [2.05, 4.69) is 0 Å². The van der Waals surface area contributed by atoms with Gasteiger partial charge in [0.05, 0.1) is 11.5 Å². The first-order valence-electron chi connectivity index (χ1n) is 6.10. The van der Waals surface area contributed by atoms with Crippen LogP contribution in [-0.2, 0) is 9.84 Å². The molecule has 0 radical (unpaired) electrons. The summed E-state index contributed by atoms with van der Waals surface area (Å²) in [6, 6.07) is 5.78. The lowest BCUT2D eigenvalue weighted by molar-refractivity contribution is 0.227. The Morgan fingerprint density at radius 2 is 2.17 bits per heavy atom. The number of hydrogen-bond donors (Lipinski definition) is 1. The summed E-state index contributed by atoms with van der Waals surface area (Å²) in [5, 5.41) is 0. The van der Waals surface area contributed by atoms with E-state index in [1.54, 1.807) is 0 Å². The van der Waals surface area contributed by atoms with Gasteiger partial charge in [-0.3, -0.25) is 0 Å². The van der Waals surface area contributed by atoms with Crippen molar-refractivity contribution in [2.45, 2.75) is 32.4 Å². The summed E-state index contributed by atoms with van der Waals surface area (Å²) in [7, 11) is -2.90. The highest BCUT2D eigenvalue weighted by atomic mass is 32.2. The van der Waals surface area contributed by atoms with E-state index in [9.17, 15) is 8.42 Å². The lowest BCUT2D eigenvalue weighted by atomic mass is 10.1. The van der Waals surface area contributed by atoms with Crippen molar-refractivity contribution < 1.29 is 13.2 Å². The Balaban J connectivity index is 2.11. The van der Waals surface area contributed by atoms with Gasteiger partial charge in [-0.25, -0.2) is 8.42 Å². The number of benzene rings is 1. The number of sulfone groups is 1. The molecule has 4 nitrogen and oxygen atoms in total. The van der Waals surface area contributed by atoms with Gasteiger partial charge in [0.15, 0.2) is 9.84 Å². The fourth-order valence-electron chi connectivity index (χ4n) is 2.12. The average Bonchev–Trinajstić information content (AvgIpc) is 2.61. The zero-order valence-corrected chi connectivity index (χ0v) is 11.5. The van der Waals surface area contributed by atoms with Crippen LogP contribution in [-0.4, -0.2) is 26.0 Å². The third-order valence-electron chi connectivity index (χ3n) is 3.21. The molecule has 1 aromatic carbocycles. The average molecular weight is 269 g/mol. The molecule has 0 amide bonds. The van der Waals surface area contributed by atoms with Crippen LogP contribution in [0.1, 0.15) is 30.5 Å². The van der Waals surface area contributed by atoms with Crippen molar-refractivity contribution in [3.63, 3.8) is 0 Å². The summed E-state index contributed by atoms with van der Waals surface area (Å²) in [6.45, 7) is 3.88. The Kier molecular flexibility index (Phi) is 3.64. The molecule has 1 aromatic rings. The van der Waals surface area contributed by atoms with Crippen LogP contribution in [0.4, 0.5) is 0 Å². The maximum atomic E-state index is 11.4. The molecule has 1 saturated heterocycles. The van der Waals surface area contributed by atoms with Gasteiger partial charge in [-0.2, -0.15) is 0 Å². The molecule has 0 aliphatic carbocycles. The highest BCUT2D eigenvalue weighted by Gasteiger charge is 2.29. The molecule has 2 atom stereocenters. The quantitative estimate of drug-likeness (QED) is 0.904. The van der Waals surface area contributed by atoms with Gasteiger partial charge in [0, 0.05) is 6.04 Å². The topological polar surface area (TPSA) is 69.4 Å². The monoisotopic (exact) mass is 269 g/mol. The molecule has 5 heteroatoms. The van der Waals surface area contributed by atoms with E-state index < -0.39 is 9.84 Å². The second-order valence-corrected chi connectivity index (χ2v) is 7.19.